The second kappa shape index (κ2) is 7.68. The molecule has 0 atom stereocenters. The van der Waals surface area contributed by atoms with Crippen LogP contribution in [0.1, 0.15) is 15.9 Å². The number of rotatable bonds is 5. The Kier molecular flexibility index (Phi) is 5.16. The van der Waals surface area contributed by atoms with Gasteiger partial charge in [0.1, 0.15) is 17.3 Å². The Balaban J connectivity index is 1.64. The van der Waals surface area contributed by atoms with Crippen LogP contribution in [0.3, 0.4) is 0 Å². The summed E-state index contributed by atoms with van der Waals surface area (Å²) in [4.78, 5) is 16.1. The third-order valence-electron chi connectivity index (χ3n) is 3.48. The van der Waals surface area contributed by atoms with E-state index in [4.69, 9.17) is 22.1 Å². The van der Waals surface area contributed by atoms with Crippen molar-refractivity contribution in [3.8, 4) is 11.5 Å². The lowest BCUT2D eigenvalue weighted by Crippen LogP contribution is -2.24. The summed E-state index contributed by atoms with van der Waals surface area (Å²) in [5.41, 5.74) is 6.97. The molecular formula is C19H16ClN3O2. The molecule has 0 radical (unpaired) electrons. The molecule has 1 amide bonds. The smallest absolute Gasteiger partial charge is 0.255 e. The largest absolute Gasteiger partial charge is 0.457 e. The number of carbonyl (C=O) groups excluding carboxylic acids is 1. The van der Waals surface area contributed by atoms with E-state index in [0.29, 0.717) is 28.6 Å². The van der Waals surface area contributed by atoms with Crippen LogP contribution in [0.4, 0.5) is 5.82 Å². The summed E-state index contributed by atoms with van der Waals surface area (Å²) in [6.45, 7) is 0.352. The number of pyridine rings is 1. The Morgan fingerprint density at radius 3 is 2.64 bits per heavy atom. The molecule has 0 fully saturated rings. The summed E-state index contributed by atoms with van der Waals surface area (Å²) in [6, 6.07) is 17.9. The van der Waals surface area contributed by atoms with Crippen LogP contribution in [0.15, 0.2) is 66.9 Å². The van der Waals surface area contributed by atoms with E-state index >= 15 is 0 Å². The Bertz CT molecular complexity index is 882. The highest BCUT2D eigenvalue weighted by Crippen LogP contribution is 2.23. The lowest BCUT2D eigenvalue weighted by Gasteiger charge is -2.09. The summed E-state index contributed by atoms with van der Waals surface area (Å²) < 4.78 is 5.78. The number of nitrogens with zero attached hydrogens (tertiary/aromatic N) is 1. The standard InChI is InChI=1S/C19H16ClN3O2/c20-14-6-8-15(9-7-14)25-16-4-1-3-13(11-16)12-23-19(24)17-5-2-10-22-18(17)21/h1-11H,12H2,(H2,21,22)(H,23,24). The van der Waals surface area contributed by atoms with E-state index in [2.05, 4.69) is 10.3 Å². The first kappa shape index (κ1) is 16.8. The highest BCUT2D eigenvalue weighted by atomic mass is 35.5. The number of hydrogen-bond donors (Lipinski definition) is 2. The van der Waals surface area contributed by atoms with Crippen molar-refractivity contribution in [2.45, 2.75) is 6.54 Å². The van der Waals surface area contributed by atoms with E-state index in [1.165, 1.54) is 0 Å². The maximum atomic E-state index is 12.2. The molecule has 25 heavy (non-hydrogen) atoms. The van der Waals surface area contributed by atoms with Crippen molar-refractivity contribution in [1.82, 2.24) is 10.3 Å². The van der Waals surface area contributed by atoms with E-state index in [1.807, 2.05) is 24.3 Å². The molecule has 1 heterocycles. The van der Waals surface area contributed by atoms with Gasteiger partial charge in [-0.15, -0.1) is 0 Å². The van der Waals surface area contributed by atoms with Crippen LogP contribution in [0.2, 0.25) is 5.02 Å². The highest BCUT2D eigenvalue weighted by molar-refractivity contribution is 6.30. The van der Waals surface area contributed by atoms with Crippen molar-refractivity contribution in [2.24, 2.45) is 0 Å². The van der Waals surface area contributed by atoms with Gasteiger partial charge in [-0.05, 0) is 54.1 Å². The van der Waals surface area contributed by atoms with E-state index in [-0.39, 0.29) is 11.7 Å². The summed E-state index contributed by atoms with van der Waals surface area (Å²) in [5, 5.41) is 3.47. The number of nitrogen functional groups attached to an aromatic ring is 1. The number of amides is 1. The minimum atomic E-state index is -0.269. The zero-order chi connectivity index (χ0) is 17.6. The molecule has 0 unspecified atom stereocenters. The monoisotopic (exact) mass is 353 g/mol. The number of halogens is 1. The van der Waals surface area contributed by atoms with Crippen molar-refractivity contribution in [3.05, 3.63) is 83.0 Å². The van der Waals surface area contributed by atoms with Crippen molar-refractivity contribution >= 4 is 23.3 Å². The molecule has 1 aromatic heterocycles. The van der Waals surface area contributed by atoms with Gasteiger partial charge in [0.05, 0.1) is 5.56 Å². The van der Waals surface area contributed by atoms with Crippen LogP contribution in [0, 0.1) is 0 Å². The lowest BCUT2D eigenvalue weighted by molar-refractivity contribution is 0.0951. The van der Waals surface area contributed by atoms with Crippen LogP contribution >= 0.6 is 11.6 Å². The number of anilines is 1. The number of carbonyl (C=O) groups is 1. The SMILES string of the molecule is Nc1ncccc1C(=O)NCc1cccc(Oc2ccc(Cl)cc2)c1. The number of nitrogens with two attached hydrogens (primary N) is 1. The summed E-state index contributed by atoms with van der Waals surface area (Å²) >= 11 is 5.86. The number of nitrogens with one attached hydrogen (secondary N) is 1. The van der Waals surface area contributed by atoms with Crippen LogP contribution < -0.4 is 15.8 Å². The molecule has 0 saturated heterocycles. The van der Waals surface area contributed by atoms with Gasteiger partial charge in [-0.2, -0.15) is 0 Å². The number of benzene rings is 2. The number of hydrogen-bond acceptors (Lipinski definition) is 4. The molecule has 2 aromatic carbocycles. The number of aromatic nitrogens is 1. The first-order chi connectivity index (χ1) is 12.1. The van der Waals surface area contributed by atoms with Gasteiger partial charge in [0, 0.05) is 17.8 Å². The van der Waals surface area contributed by atoms with Crippen LogP contribution in [-0.4, -0.2) is 10.9 Å². The summed E-state index contributed by atoms with van der Waals surface area (Å²) in [6.07, 6.45) is 1.55. The quantitative estimate of drug-likeness (QED) is 0.725. The average molecular weight is 354 g/mol. The Morgan fingerprint density at radius 1 is 1.08 bits per heavy atom. The average Bonchev–Trinajstić information content (AvgIpc) is 2.62. The van der Waals surface area contributed by atoms with Crippen LogP contribution in [-0.2, 0) is 6.54 Å². The molecule has 0 bridgehead atoms. The Hall–Kier alpha value is -3.05. The molecular weight excluding hydrogens is 338 g/mol. The normalized spacial score (nSPS) is 10.3. The Labute approximate surface area is 150 Å². The predicted molar refractivity (Wildman–Crippen MR) is 97.8 cm³/mol. The predicted octanol–water partition coefficient (Wildman–Crippen LogP) is 4.04. The number of ether oxygens (including phenoxy) is 1. The van der Waals surface area contributed by atoms with Crippen molar-refractivity contribution in [3.63, 3.8) is 0 Å². The molecule has 0 aliphatic rings. The fourth-order valence-corrected chi connectivity index (χ4v) is 2.37. The van der Waals surface area contributed by atoms with E-state index in [0.717, 1.165) is 5.56 Å². The minimum absolute atomic E-state index is 0.208. The Morgan fingerprint density at radius 2 is 1.88 bits per heavy atom. The molecule has 3 N–H and O–H groups in total. The molecule has 126 valence electrons. The fourth-order valence-electron chi connectivity index (χ4n) is 2.24. The first-order valence-corrected chi connectivity index (χ1v) is 8.00. The van der Waals surface area contributed by atoms with Gasteiger partial charge < -0.3 is 15.8 Å². The van der Waals surface area contributed by atoms with E-state index in [9.17, 15) is 4.79 Å². The van der Waals surface area contributed by atoms with Gasteiger partial charge in [-0.1, -0.05) is 23.7 Å². The lowest BCUT2D eigenvalue weighted by atomic mass is 10.2. The molecule has 0 saturated carbocycles. The fraction of sp³-hybridized carbons (Fsp3) is 0.0526. The zero-order valence-electron chi connectivity index (χ0n) is 13.3. The third kappa shape index (κ3) is 4.49. The van der Waals surface area contributed by atoms with Gasteiger partial charge in [0.15, 0.2) is 0 Å². The molecule has 0 aliphatic carbocycles. The summed E-state index contributed by atoms with van der Waals surface area (Å²) in [5.74, 6) is 1.30. The van der Waals surface area contributed by atoms with E-state index in [1.54, 1.807) is 42.6 Å². The van der Waals surface area contributed by atoms with Crippen molar-refractivity contribution < 1.29 is 9.53 Å². The topological polar surface area (TPSA) is 77.2 Å². The maximum Gasteiger partial charge on any atom is 0.255 e. The molecule has 3 aromatic rings. The maximum absolute atomic E-state index is 12.2. The van der Waals surface area contributed by atoms with E-state index < -0.39 is 0 Å². The molecule has 0 aliphatic heterocycles. The van der Waals surface area contributed by atoms with Crippen molar-refractivity contribution in [2.75, 3.05) is 5.73 Å². The van der Waals surface area contributed by atoms with Gasteiger partial charge in [0.25, 0.3) is 5.91 Å². The van der Waals surface area contributed by atoms with Crippen LogP contribution in [0.25, 0.3) is 0 Å². The molecule has 3 rings (SSSR count). The molecule has 0 spiro atoms. The van der Waals surface area contributed by atoms with Gasteiger partial charge >= 0.3 is 0 Å². The molecule has 6 heteroatoms. The van der Waals surface area contributed by atoms with Gasteiger partial charge in [0.2, 0.25) is 0 Å². The minimum Gasteiger partial charge on any atom is -0.457 e. The van der Waals surface area contributed by atoms with Gasteiger partial charge in [-0.3, -0.25) is 4.79 Å². The second-order valence-electron chi connectivity index (χ2n) is 5.32. The van der Waals surface area contributed by atoms with Crippen LogP contribution in [0.5, 0.6) is 11.5 Å². The summed E-state index contributed by atoms with van der Waals surface area (Å²) in [7, 11) is 0. The van der Waals surface area contributed by atoms with Crippen molar-refractivity contribution in [1.29, 1.82) is 0 Å². The second-order valence-corrected chi connectivity index (χ2v) is 5.76. The first-order valence-electron chi connectivity index (χ1n) is 7.63. The molecule has 5 nitrogen and oxygen atoms in total. The zero-order valence-corrected chi connectivity index (χ0v) is 14.0. The van der Waals surface area contributed by atoms with Gasteiger partial charge in [-0.25, -0.2) is 4.98 Å². The third-order valence-corrected chi connectivity index (χ3v) is 3.74. The highest BCUT2D eigenvalue weighted by Gasteiger charge is 2.09.